The van der Waals surface area contributed by atoms with Gasteiger partial charge in [0.1, 0.15) is 0 Å². The standard InChI is InChI=1S/C16F36O3Si/c17-1(18,2(19,20)4(23,24)6(27,28)9(32,33)34)3(21,22)5(25,26)8(31,11(38,39)40)53-56(54-14(47,48)12(41,42)43,55-15(49,50)13(44,45)46)16(51,52)7(29,30)10(35,36)37. The molecule has 3 nitrogen and oxygen atoms in total. The monoisotopic (exact) mass is 952 g/mol. The summed E-state index contributed by atoms with van der Waals surface area (Å²) in [5.74, 6) is -79.7. The van der Waals surface area contributed by atoms with Gasteiger partial charge in [-0.3, -0.25) is 0 Å². The molecule has 0 fully saturated rings. The van der Waals surface area contributed by atoms with Crippen molar-refractivity contribution in [2.24, 2.45) is 0 Å². The highest BCUT2D eigenvalue weighted by Gasteiger charge is 2.99. The minimum atomic E-state index is -12.4. The summed E-state index contributed by atoms with van der Waals surface area (Å²) in [6.07, 6.45) is -62.4. The number of rotatable bonds is 14. The lowest BCUT2D eigenvalue weighted by atomic mass is 9.88. The van der Waals surface area contributed by atoms with Crippen molar-refractivity contribution >= 4 is 8.80 Å². The van der Waals surface area contributed by atoms with Crippen molar-refractivity contribution < 1.29 is 171 Å². The Labute approximate surface area is 277 Å². The molecule has 338 valence electrons. The lowest BCUT2D eigenvalue weighted by molar-refractivity contribution is -0.487. The number of alkyl halides is 36. The van der Waals surface area contributed by atoms with Gasteiger partial charge in [-0.05, 0) is 0 Å². The van der Waals surface area contributed by atoms with Gasteiger partial charge < -0.3 is 13.3 Å². The summed E-state index contributed by atoms with van der Waals surface area (Å²) < 4.78 is 484. The first kappa shape index (κ1) is 53.6. The van der Waals surface area contributed by atoms with E-state index < -0.39 is 105 Å². The lowest BCUT2D eigenvalue weighted by Crippen LogP contribution is -2.81. The van der Waals surface area contributed by atoms with E-state index >= 15 is 0 Å². The average Bonchev–Trinajstić information content (AvgIpc) is 2.88. The molecule has 0 aromatic carbocycles. The molecule has 0 saturated carbocycles. The van der Waals surface area contributed by atoms with Gasteiger partial charge in [-0.25, -0.2) is 0 Å². The van der Waals surface area contributed by atoms with Gasteiger partial charge in [-0.1, -0.05) is 0 Å². The van der Waals surface area contributed by atoms with Gasteiger partial charge in [0, 0.05) is 0 Å². The van der Waals surface area contributed by atoms with E-state index in [2.05, 4.69) is 0 Å². The summed E-state index contributed by atoms with van der Waals surface area (Å²) in [5.41, 5.74) is -9.95. The Hall–Kier alpha value is -2.42. The molecule has 1 unspecified atom stereocenters. The van der Waals surface area contributed by atoms with Crippen LogP contribution in [-0.2, 0) is 13.3 Å². The Bertz CT molecular complexity index is 1360. The zero-order valence-corrected chi connectivity index (χ0v) is 24.3. The second kappa shape index (κ2) is 13.3. The van der Waals surface area contributed by atoms with Crippen LogP contribution in [-0.4, -0.2) is 105 Å². The van der Waals surface area contributed by atoms with Gasteiger partial charge in [0.05, 0.1) is 0 Å². The molecule has 0 radical (unpaired) electrons. The third-order valence-corrected chi connectivity index (χ3v) is 8.37. The molecular formula is C16F36O3Si. The van der Waals surface area contributed by atoms with E-state index in [-0.39, 0.29) is 0 Å². The van der Waals surface area contributed by atoms with E-state index in [4.69, 9.17) is 0 Å². The molecule has 0 heterocycles. The third-order valence-electron chi connectivity index (χ3n) is 5.69. The Morgan fingerprint density at radius 2 is 0.446 bits per heavy atom. The van der Waals surface area contributed by atoms with E-state index in [1.54, 1.807) is 0 Å². The molecule has 0 aliphatic carbocycles. The Morgan fingerprint density at radius 3 is 0.661 bits per heavy atom. The second-order valence-electron chi connectivity index (χ2n) is 9.58. The van der Waals surface area contributed by atoms with Crippen LogP contribution >= 0.6 is 0 Å². The predicted molar refractivity (Wildman–Crippen MR) is 92.6 cm³/mol. The number of hydrogen-bond acceptors (Lipinski definition) is 3. The van der Waals surface area contributed by atoms with Crippen LogP contribution < -0.4 is 0 Å². The minimum absolute atomic E-state index is 0.754. The van der Waals surface area contributed by atoms with E-state index in [0.29, 0.717) is 0 Å². The van der Waals surface area contributed by atoms with Crippen molar-refractivity contribution in [1.29, 1.82) is 0 Å². The maximum absolute atomic E-state index is 15.0. The van der Waals surface area contributed by atoms with Gasteiger partial charge >= 0.3 is 105 Å². The first-order valence-electron chi connectivity index (χ1n) is 11.3. The fourth-order valence-corrected chi connectivity index (χ4v) is 5.29. The van der Waals surface area contributed by atoms with Crippen molar-refractivity contribution in [3.8, 4) is 0 Å². The highest BCUT2D eigenvalue weighted by molar-refractivity contribution is 6.64. The van der Waals surface area contributed by atoms with Crippen molar-refractivity contribution in [2.45, 2.75) is 96.0 Å². The summed E-state index contributed by atoms with van der Waals surface area (Å²) in [6.45, 7) is 0. The zero-order valence-electron chi connectivity index (χ0n) is 23.3. The smallest absolute Gasteiger partial charge is 0.324 e. The predicted octanol–water partition coefficient (Wildman–Crippen LogP) is 11.3. The van der Waals surface area contributed by atoms with Gasteiger partial charge in [0.2, 0.25) is 0 Å². The van der Waals surface area contributed by atoms with E-state index in [0.717, 1.165) is 13.3 Å². The lowest BCUT2D eigenvalue weighted by Gasteiger charge is -2.48. The van der Waals surface area contributed by atoms with Crippen molar-refractivity contribution in [1.82, 2.24) is 0 Å². The zero-order chi connectivity index (χ0) is 46.6. The quantitative estimate of drug-likeness (QED) is 0.128. The molecule has 0 bridgehead atoms. The fraction of sp³-hybridized carbons (Fsp3) is 1.00. The molecule has 0 aliphatic rings. The van der Waals surface area contributed by atoms with Crippen LogP contribution in [0, 0.1) is 0 Å². The molecular weight excluding hydrogens is 952 g/mol. The summed E-state index contributed by atoms with van der Waals surface area (Å²) in [5, 5.41) is 0. The second-order valence-corrected chi connectivity index (χ2v) is 11.9. The summed E-state index contributed by atoms with van der Waals surface area (Å²) in [6, 6.07) is 0. The van der Waals surface area contributed by atoms with Crippen molar-refractivity contribution in [2.75, 3.05) is 0 Å². The Kier molecular flexibility index (Phi) is 12.7. The van der Waals surface area contributed by atoms with Gasteiger partial charge in [-0.15, -0.1) is 0 Å². The molecule has 0 aromatic heterocycles. The molecule has 0 spiro atoms. The maximum Gasteiger partial charge on any atom is 0.594 e. The number of hydrogen-bond donors (Lipinski definition) is 0. The third kappa shape index (κ3) is 7.51. The van der Waals surface area contributed by atoms with Gasteiger partial charge in [-0.2, -0.15) is 158 Å². The highest BCUT2D eigenvalue weighted by atomic mass is 28.4. The van der Waals surface area contributed by atoms with Crippen molar-refractivity contribution in [3.63, 3.8) is 0 Å². The van der Waals surface area contributed by atoms with Crippen LogP contribution in [0.15, 0.2) is 0 Å². The minimum Gasteiger partial charge on any atom is -0.324 e. The average molecular weight is 952 g/mol. The van der Waals surface area contributed by atoms with Gasteiger partial charge in [0.15, 0.2) is 0 Å². The van der Waals surface area contributed by atoms with Crippen LogP contribution in [0.4, 0.5) is 158 Å². The molecule has 0 N–H and O–H groups in total. The van der Waals surface area contributed by atoms with Gasteiger partial charge in [0.25, 0.3) is 0 Å². The molecule has 0 aromatic rings. The fourth-order valence-electron chi connectivity index (χ4n) is 2.73. The van der Waals surface area contributed by atoms with E-state index in [1.807, 2.05) is 0 Å². The summed E-state index contributed by atoms with van der Waals surface area (Å²) in [7, 11) is -12.4. The maximum atomic E-state index is 15.0. The molecule has 0 saturated heterocycles. The first-order valence-corrected chi connectivity index (χ1v) is 13.0. The Morgan fingerprint density at radius 1 is 0.214 bits per heavy atom. The van der Waals surface area contributed by atoms with E-state index in [1.165, 1.54) is 0 Å². The molecule has 0 aliphatic heterocycles. The summed E-state index contributed by atoms with van der Waals surface area (Å²) >= 11 is 0. The summed E-state index contributed by atoms with van der Waals surface area (Å²) in [4.78, 5) is 0. The number of halogens is 36. The van der Waals surface area contributed by atoms with Crippen LogP contribution in [0.5, 0.6) is 0 Å². The molecule has 56 heavy (non-hydrogen) atoms. The molecule has 0 amide bonds. The topological polar surface area (TPSA) is 27.7 Å². The molecule has 40 heteroatoms. The molecule has 1 atom stereocenters. The van der Waals surface area contributed by atoms with Crippen LogP contribution in [0.2, 0.25) is 0 Å². The first-order chi connectivity index (χ1) is 23.4. The van der Waals surface area contributed by atoms with E-state index in [9.17, 15) is 158 Å². The molecule has 0 rings (SSSR count). The van der Waals surface area contributed by atoms with Crippen molar-refractivity contribution in [3.05, 3.63) is 0 Å². The normalized spacial score (nSPS) is 18.0. The van der Waals surface area contributed by atoms with Crippen LogP contribution in [0.25, 0.3) is 0 Å². The highest BCUT2D eigenvalue weighted by Crippen LogP contribution is 2.67. The Balaban J connectivity index is 9.03. The SMILES string of the molecule is FC(F)(F)C(F)(F)O[Si](OC(F)(F)C(F)(F)F)(OC(F)(C(F)(F)F)C(F)(F)C(F)(F)C(F)(F)C(F)(F)C(F)(F)C(F)(F)C(F)(F)F)C(F)(F)C(F)(F)C(F)(F)F. The largest absolute Gasteiger partial charge is 0.594 e. The van der Waals surface area contributed by atoms with Crippen LogP contribution in [0.1, 0.15) is 0 Å². The van der Waals surface area contributed by atoms with Crippen LogP contribution in [0.3, 0.4) is 0 Å².